The first-order valence-corrected chi connectivity index (χ1v) is 21.3. The van der Waals surface area contributed by atoms with Crippen LogP contribution in [0.25, 0.3) is 0 Å². The average molecular weight is 605 g/mol. The highest BCUT2D eigenvalue weighted by Crippen LogP contribution is 2.66. The lowest BCUT2D eigenvalue weighted by molar-refractivity contribution is 0.120. The monoisotopic (exact) mass is 604 g/mol. The summed E-state index contributed by atoms with van der Waals surface area (Å²) in [4.78, 5) is 0. The van der Waals surface area contributed by atoms with Crippen molar-refractivity contribution in [2.45, 2.75) is 176 Å². The summed E-state index contributed by atoms with van der Waals surface area (Å²) < 4.78 is 7.65. The fourth-order valence-corrected chi connectivity index (χ4v) is 18.1. The van der Waals surface area contributed by atoms with E-state index < -0.39 is 0 Å². The molecule has 1 aromatic carbocycles. The normalized spacial score (nSPS) is 29.7. The van der Waals surface area contributed by atoms with E-state index >= 15 is 0 Å². The van der Waals surface area contributed by atoms with Crippen molar-refractivity contribution in [2.24, 2.45) is 5.92 Å². The van der Waals surface area contributed by atoms with Gasteiger partial charge in [-0.25, -0.2) is 0 Å². The molecule has 230 valence electrons. The van der Waals surface area contributed by atoms with Crippen LogP contribution in [0.3, 0.4) is 0 Å². The standard InChI is InChI=1S/C39H58OP2/c1-39(2)33-25-15-27-35(41(29-17-7-3-8-18-29)30-19-9-4-10-20-30)37(33)40-38-34(39)26-16-28-36(38)42(31-21-11-5-12-22-31)32-23-13-6-14-24-32/h15-16,25-33,37H,3-14,17-24H2,1-2H3. The molecule has 2 unspecified atom stereocenters. The van der Waals surface area contributed by atoms with Crippen molar-refractivity contribution >= 4 is 21.1 Å². The van der Waals surface area contributed by atoms with Gasteiger partial charge in [0.05, 0.1) is 0 Å². The number of fused-ring (bicyclic) bond motifs is 2. The molecular formula is C39H58OP2. The molecule has 0 spiro atoms. The SMILES string of the molecule is CC1(C)c2cccc(P(C3CCCCC3)C3CCCCC3)c2OC2C(P(C3CCCCC3)C3CCCCC3)=CC=CC21. The zero-order chi connectivity index (χ0) is 28.5. The molecule has 0 bridgehead atoms. The van der Waals surface area contributed by atoms with E-state index in [2.05, 4.69) is 50.3 Å². The molecule has 42 heavy (non-hydrogen) atoms. The Hall–Kier alpha value is -0.640. The Balaban J connectivity index is 1.29. The fraction of sp³-hybridized carbons (Fsp3) is 0.744. The number of hydrogen-bond donors (Lipinski definition) is 0. The molecule has 0 radical (unpaired) electrons. The highest BCUT2D eigenvalue weighted by atomic mass is 31.1. The Morgan fingerprint density at radius 3 is 1.60 bits per heavy atom. The molecule has 4 saturated carbocycles. The van der Waals surface area contributed by atoms with Gasteiger partial charge in [-0.15, -0.1) is 0 Å². The van der Waals surface area contributed by atoms with Crippen molar-refractivity contribution in [3.05, 3.63) is 47.3 Å². The highest BCUT2D eigenvalue weighted by Gasteiger charge is 2.49. The molecule has 2 atom stereocenters. The molecule has 0 amide bonds. The summed E-state index contributed by atoms with van der Waals surface area (Å²) in [6.07, 6.45) is 37.1. The molecule has 0 saturated heterocycles. The molecule has 4 fully saturated rings. The van der Waals surface area contributed by atoms with Gasteiger partial charge >= 0.3 is 0 Å². The minimum Gasteiger partial charge on any atom is -0.484 e. The molecule has 0 N–H and O–H groups in total. The van der Waals surface area contributed by atoms with Gasteiger partial charge in [-0.1, -0.05) is 143 Å². The van der Waals surface area contributed by atoms with Crippen molar-refractivity contribution in [3.63, 3.8) is 0 Å². The number of benzene rings is 1. The maximum Gasteiger partial charge on any atom is 0.131 e. The van der Waals surface area contributed by atoms with E-state index in [-0.39, 0.29) is 27.4 Å². The Morgan fingerprint density at radius 2 is 1.10 bits per heavy atom. The van der Waals surface area contributed by atoms with Crippen LogP contribution in [-0.4, -0.2) is 28.7 Å². The third-order valence-electron chi connectivity index (χ3n) is 12.4. The number of ether oxygens (including phenoxy) is 1. The number of para-hydroxylation sites is 1. The quantitative estimate of drug-likeness (QED) is 0.294. The predicted molar refractivity (Wildman–Crippen MR) is 186 cm³/mol. The van der Waals surface area contributed by atoms with Gasteiger partial charge in [0.1, 0.15) is 11.9 Å². The van der Waals surface area contributed by atoms with Gasteiger partial charge in [0.2, 0.25) is 0 Å². The van der Waals surface area contributed by atoms with Crippen molar-refractivity contribution in [3.8, 4) is 5.75 Å². The van der Waals surface area contributed by atoms with Gasteiger partial charge < -0.3 is 4.74 Å². The zero-order valence-electron chi connectivity index (χ0n) is 26.9. The van der Waals surface area contributed by atoms with E-state index in [1.54, 1.807) is 10.6 Å². The summed E-state index contributed by atoms with van der Waals surface area (Å²) in [5.41, 5.74) is 5.31. The number of hydrogen-bond acceptors (Lipinski definition) is 1. The first-order valence-electron chi connectivity index (χ1n) is 18.4. The Bertz CT molecular complexity index is 1080. The zero-order valence-corrected chi connectivity index (χ0v) is 28.7. The van der Waals surface area contributed by atoms with E-state index in [0.29, 0.717) is 5.92 Å². The van der Waals surface area contributed by atoms with E-state index in [0.717, 1.165) is 22.6 Å². The molecular weight excluding hydrogens is 546 g/mol. The van der Waals surface area contributed by atoms with E-state index in [4.69, 9.17) is 4.74 Å². The molecule has 3 heteroatoms. The molecule has 6 aliphatic rings. The minimum atomic E-state index is -0.184. The van der Waals surface area contributed by atoms with Gasteiger partial charge in [0, 0.05) is 22.2 Å². The average Bonchev–Trinajstić information content (AvgIpc) is 3.04. The highest BCUT2D eigenvalue weighted by molar-refractivity contribution is 7.67. The second-order valence-corrected chi connectivity index (χ2v) is 20.9. The first-order chi connectivity index (χ1) is 20.6. The number of rotatable bonds is 6. The van der Waals surface area contributed by atoms with Crippen LogP contribution in [0, 0.1) is 5.92 Å². The summed E-state index contributed by atoms with van der Waals surface area (Å²) in [5.74, 6) is 1.82. The van der Waals surface area contributed by atoms with Crippen LogP contribution in [0.5, 0.6) is 5.75 Å². The predicted octanol–water partition coefficient (Wildman–Crippen LogP) is 11.7. The summed E-state index contributed by atoms with van der Waals surface area (Å²) in [5, 5.41) is 3.45. The van der Waals surface area contributed by atoms with Crippen molar-refractivity contribution < 1.29 is 4.74 Å². The maximum absolute atomic E-state index is 7.65. The Morgan fingerprint density at radius 1 is 0.619 bits per heavy atom. The molecule has 0 aromatic heterocycles. The van der Waals surface area contributed by atoms with Crippen LogP contribution < -0.4 is 10.0 Å². The van der Waals surface area contributed by atoms with Crippen LogP contribution in [0.2, 0.25) is 0 Å². The largest absolute Gasteiger partial charge is 0.484 e. The summed E-state index contributed by atoms with van der Waals surface area (Å²) in [6.45, 7) is 5.13. The van der Waals surface area contributed by atoms with E-state index in [1.165, 1.54) is 140 Å². The van der Waals surface area contributed by atoms with Crippen molar-refractivity contribution in [1.29, 1.82) is 0 Å². The molecule has 1 aliphatic heterocycles. The molecule has 1 nitrogen and oxygen atoms in total. The lowest BCUT2D eigenvalue weighted by Crippen LogP contribution is -2.47. The van der Waals surface area contributed by atoms with Crippen LogP contribution in [0.1, 0.15) is 148 Å². The van der Waals surface area contributed by atoms with Crippen LogP contribution in [0.15, 0.2) is 41.7 Å². The van der Waals surface area contributed by atoms with E-state index in [9.17, 15) is 0 Å². The van der Waals surface area contributed by atoms with Crippen molar-refractivity contribution in [2.75, 3.05) is 0 Å². The summed E-state index contributed by atoms with van der Waals surface area (Å²) >= 11 is 0. The van der Waals surface area contributed by atoms with Gasteiger partial charge in [0.15, 0.2) is 0 Å². The van der Waals surface area contributed by atoms with Gasteiger partial charge in [-0.05, 0) is 79.3 Å². The van der Waals surface area contributed by atoms with Crippen molar-refractivity contribution in [1.82, 2.24) is 0 Å². The lowest BCUT2D eigenvalue weighted by Gasteiger charge is -2.51. The van der Waals surface area contributed by atoms with Gasteiger partial charge in [0.25, 0.3) is 0 Å². The second-order valence-electron chi connectivity index (χ2n) is 15.4. The van der Waals surface area contributed by atoms with Crippen LogP contribution in [-0.2, 0) is 5.41 Å². The second kappa shape index (κ2) is 13.4. The van der Waals surface area contributed by atoms with E-state index in [1.807, 2.05) is 0 Å². The Labute approximate surface area is 260 Å². The van der Waals surface area contributed by atoms with Gasteiger partial charge in [-0.2, -0.15) is 0 Å². The molecule has 7 rings (SSSR count). The minimum absolute atomic E-state index is 0.102. The molecule has 1 aromatic rings. The van der Waals surface area contributed by atoms with Crippen LogP contribution >= 0.6 is 15.8 Å². The fourth-order valence-electron chi connectivity index (χ4n) is 10.2. The Kier molecular flexibility index (Phi) is 9.57. The van der Waals surface area contributed by atoms with Crippen LogP contribution in [0.4, 0.5) is 0 Å². The molecule has 5 aliphatic carbocycles. The first kappa shape index (κ1) is 30.0. The number of allylic oxidation sites excluding steroid dienone is 2. The lowest BCUT2D eigenvalue weighted by atomic mass is 9.68. The third kappa shape index (κ3) is 5.87. The smallest absolute Gasteiger partial charge is 0.131 e. The summed E-state index contributed by atoms with van der Waals surface area (Å²) in [6, 6.07) is 7.46. The molecule has 1 heterocycles. The van der Waals surface area contributed by atoms with Gasteiger partial charge in [-0.3, -0.25) is 0 Å². The summed E-state index contributed by atoms with van der Waals surface area (Å²) in [7, 11) is -0.332. The third-order valence-corrected chi connectivity index (χ3v) is 19.5. The maximum atomic E-state index is 7.65. The topological polar surface area (TPSA) is 9.23 Å².